The molecule has 2 aromatic carbocycles. The van der Waals surface area contributed by atoms with Crippen molar-refractivity contribution in [2.24, 2.45) is 0 Å². The van der Waals surface area contributed by atoms with Crippen molar-refractivity contribution in [3.8, 4) is 11.4 Å². The Balaban J connectivity index is 2.02. The number of carbonyl (C=O) groups excluding carboxylic acids is 1. The Morgan fingerprint density at radius 1 is 1.00 bits per heavy atom. The van der Waals surface area contributed by atoms with Crippen molar-refractivity contribution in [3.05, 3.63) is 72.2 Å². The van der Waals surface area contributed by atoms with Gasteiger partial charge in [-0.15, -0.1) is 0 Å². The molecule has 0 unspecified atom stereocenters. The van der Waals surface area contributed by atoms with Crippen molar-refractivity contribution in [1.82, 2.24) is 14.9 Å². The highest BCUT2D eigenvalue weighted by Crippen LogP contribution is 2.21. The van der Waals surface area contributed by atoms with Crippen molar-refractivity contribution >= 4 is 17.4 Å². The lowest BCUT2D eigenvalue weighted by Gasteiger charge is -2.19. The highest BCUT2D eigenvalue weighted by molar-refractivity contribution is 5.93. The summed E-state index contributed by atoms with van der Waals surface area (Å²) in [6.45, 7) is 5.05. The molecule has 0 spiro atoms. The summed E-state index contributed by atoms with van der Waals surface area (Å²) >= 11 is 0. The van der Waals surface area contributed by atoms with Gasteiger partial charge in [0, 0.05) is 30.4 Å². The molecule has 0 saturated heterocycles. The SMILES string of the molecule is CCN(CC)C(=O)c1cc(Nc2ccc(F)cc2)nc(-c2ccccc2)n1. The summed E-state index contributed by atoms with van der Waals surface area (Å²) < 4.78 is 13.1. The Morgan fingerprint density at radius 3 is 2.30 bits per heavy atom. The van der Waals surface area contributed by atoms with E-state index in [1.165, 1.54) is 12.1 Å². The second-order valence-electron chi connectivity index (χ2n) is 5.94. The maximum absolute atomic E-state index is 13.1. The fraction of sp³-hybridized carbons (Fsp3) is 0.190. The number of halogens is 1. The predicted octanol–water partition coefficient (Wildman–Crippen LogP) is 4.51. The van der Waals surface area contributed by atoms with Crippen molar-refractivity contribution < 1.29 is 9.18 Å². The number of hydrogen-bond donors (Lipinski definition) is 1. The third kappa shape index (κ3) is 4.47. The summed E-state index contributed by atoms with van der Waals surface area (Å²) in [5.74, 6) is 0.469. The van der Waals surface area contributed by atoms with Crippen LogP contribution >= 0.6 is 0 Å². The molecule has 1 aromatic heterocycles. The molecule has 0 atom stereocenters. The van der Waals surface area contributed by atoms with Gasteiger partial charge in [0.25, 0.3) is 5.91 Å². The van der Waals surface area contributed by atoms with Crippen LogP contribution in [0.5, 0.6) is 0 Å². The Bertz CT molecular complexity index is 909. The molecule has 0 bridgehead atoms. The second kappa shape index (κ2) is 8.40. The highest BCUT2D eigenvalue weighted by atomic mass is 19.1. The fourth-order valence-corrected chi connectivity index (χ4v) is 2.69. The molecule has 0 aliphatic carbocycles. The van der Waals surface area contributed by atoms with Gasteiger partial charge in [0.05, 0.1) is 0 Å². The molecule has 0 saturated carbocycles. The molecule has 0 aliphatic rings. The maximum Gasteiger partial charge on any atom is 0.272 e. The van der Waals surface area contributed by atoms with E-state index in [0.717, 1.165) is 5.56 Å². The minimum Gasteiger partial charge on any atom is -0.340 e. The van der Waals surface area contributed by atoms with Crippen molar-refractivity contribution in [3.63, 3.8) is 0 Å². The third-order valence-corrected chi connectivity index (χ3v) is 4.14. The van der Waals surface area contributed by atoms with Crippen LogP contribution < -0.4 is 5.32 Å². The lowest BCUT2D eigenvalue weighted by atomic mass is 10.2. The molecular weight excluding hydrogens is 343 g/mol. The number of aromatic nitrogens is 2. The summed E-state index contributed by atoms with van der Waals surface area (Å²) in [6, 6.07) is 17.1. The third-order valence-electron chi connectivity index (χ3n) is 4.14. The van der Waals surface area contributed by atoms with E-state index in [0.29, 0.717) is 36.1 Å². The number of hydrogen-bond acceptors (Lipinski definition) is 4. The molecular formula is C21H21FN4O. The van der Waals surface area contributed by atoms with Crippen LogP contribution in [0.2, 0.25) is 0 Å². The molecule has 0 radical (unpaired) electrons. The van der Waals surface area contributed by atoms with Gasteiger partial charge in [-0.05, 0) is 38.1 Å². The van der Waals surface area contributed by atoms with Crippen LogP contribution in [0.1, 0.15) is 24.3 Å². The average molecular weight is 364 g/mol. The fourth-order valence-electron chi connectivity index (χ4n) is 2.69. The molecule has 6 heteroatoms. The van der Waals surface area contributed by atoms with Crippen molar-refractivity contribution in [2.75, 3.05) is 18.4 Å². The molecule has 138 valence electrons. The Morgan fingerprint density at radius 2 is 1.67 bits per heavy atom. The number of nitrogens with zero attached hydrogens (tertiary/aromatic N) is 3. The topological polar surface area (TPSA) is 58.1 Å². The highest BCUT2D eigenvalue weighted by Gasteiger charge is 2.17. The first-order chi connectivity index (χ1) is 13.1. The first kappa shape index (κ1) is 18.5. The van der Waals surface area contributed by atoms with Crippen LogP contribution in [-0.4, -0.2) is 33.9 Å². The molecule has 1 heterocycles. The quantitative estimate of drug-likeness (QED) is 0.699. The van der Waals surface area contributed by atoms with Gasteiger partial charge in [0.15, 0.2) is 5.82 Å². The van der Waals surface area contributed by atoms with E-state index in [1.807, 2.05) is 44.2 Å². The van der Waals surface area contributed by atoms with E-state index in [1.54, 1.807) is 23.1 Å². The van der Waals surface area contributed by atoms with E-state index in [2.05, 4.69) is 15.3 Å². The zero-order valence-corrected chi connectivity index (χ0v) is 15.3. The van der Waals surface area contributed by atoms with E-state index in [-0.39, 0.29) is 11.7 Å². The van der Waals surface area contributed by atoms with Crippen LogP contribution in [0, 0.1) is 5.82 Å². The number of amides is 1. The number of rotatable bonds is 6. The summed E-state index contributed by atoms with van der Waals surface area (Å²) in [6.07, 6.45) is 0. The molecule has 0 aliphatic heterocycles. The Hall–Kier alpha value is -3.28. The minimum atomic E-state index is -0.314. The number of benzene rings is 2. The largest absolute Gasteiger partial charge is 0.340 e. The summed E-state index contributed by atoms with van der Waals surface area (Å²) in [5, 5.41) is 3.12. The van der Waals surface area contributed by atoms with Crippen LogP contribution in [-0.2, 0) is 0 Å². The molecule has 5 nitrogen and oxygen atoms in total. The molecule has 0 fully saturated rings. The first-order valence-corrected chi connectivity index (χ1v) is 8.87. The van der Waals surface area contributed by atoms with Crippen LogP contribution in [0.25, 0.3) is 11.4 Å². The average Bonchev–Trinajstić information content (AvgIpc) is 2.71. The van der Waals surface area contributed by atoms with E-state index >= 15 is 0 Å². The van der Waals surface area contributed by atoms with Crippen LogP contribution in [0.4, 0.5) is 15.9 Å². The monoisotopic (exact) mass is 364 g/mol. The van der Waals surface area contributed by atoms with Crippen LogP contribution in [0.3, 0.4) is 0 Å². The molecule has 3 aromatic rings. The van der Waals surface area contributed by atoms with E-state index in [9.17, 15) is 9.18 Å². The van der Waals surface area contributed by atoms with Gasteiger partial charge in [-0.3, -0.25) is 4.79 Å². The number of nitrogens with one attached hydrogen (secondary N) is 1. The molecule has 3 rings (SSSR count). The number of carbonyl (C=O) groups is 1. The zero-order valence-electron chi connectivity index (χ0n) is 15.3. The van der Waals surface area contributed by atoms with E-state index < -0.39 is 0 Å². The van der Waals surface area contributed by atoms with Crippen LogP contribution in [0.15, 0.2) is 60.7 Å². The zero-order chi connectivity index (χ0) is 19.2. The lowest BCUT2D eigenvalue weighted by Crippen LogP contribution is -2.31. The maximum atomic E-state index is 13.1. The Kier molecular flexibility index (Phi) is 5.76. The van der Waals surface area contributed by atoms with Crippen molar-refractivity contribution in [1.29, 1.82) is 0 Å². The van der Waals surface area contributed by atoms with Gasteiger partial charge in [-0.25, -0.2) is 14.4 Å². The lowest BCUT2D eigenvalue weighted by molar-refractivity contribution is 0.0767. The standard InChI is InChI=1S/C21H21FN4O/c1-3-26(4-2)21(27)18-14-19(23-17-12-10-16(22)11-13-17)25-20(24-18)15-8-6-5-7-9-15/h5-14H,3-4H2,1-2H3,(H,23,24,25). The van der Waals surface area contributed by atoms with Gasteiger partial charge in [-0.2, -0.15) is 0 Å². The number of anilines is 2. The van der Waals surface area contributed by atoms with Crippen molar-refractivity contribution in [2.45, 2.75) is 13.8 Å². The second-order valence-corrected chi connectivity index (χ2v) is 5.94. The molecule has 27 heavy (non-hydrogen) atoms. The van der Waals surface area contributed by atoms with Gasteiger partial charge in [0.1, 0.15) is 17.3 Å². The molecule has 1 amide bonds. The Labute approximate surface area is 157 Å². The minimum absolute atomic E-state index is 0.151. The van der Waals surface area contributed by atoms with E-state index in [4.69, 9.17) is 0 Å². The van der Waals surface area contributed by atoms with Gasteiger partial charge in [-0.1, -0.05) is 30.3 Å². The first-order valence-electron chi connectivity index (χ1n) is 8.87. The summed E-state index contributed by atoms with van der Waals surface area (Å²) in [5.41, 5.74) is 1.81. The van der Waals surface area contributed by atoms with Gasteiger partial charge >= 0.3 is 0 Å². The summed E-state index contributed by atoms with van der Waals surface area (Å²) in [7, 11) is 0. The van der Waals surface area contributed by atoms with Gasteiger partial charge in [0.2, 0.25) is 0 Å². The van der Waals surface area contributed by atoms with Gasteiger partial charge < -0.3 is 10.2 Å². The molecule has 1 N–H and O–H groups in total. The smallest absolute Gasteiger partial charge is 0.272 e. The predicted molar refractivity (Wildman–Crippen MR) is 104 cm³/mol. The summed E-state index contributed by atoms with van der Waals surface area (Å²) in [4.78, 5) is 23.5. The normalized spacial score (nSPS) is 10.5.